The van der Waals surface area contributed by atoms with Crippen molar-refractivity contribution in [3.63, 3.8) is 0 Å². The van der Waals surface area contributed by atoms with Gasteiger partial charge in [0.1, 0.15) is 5.82 Å². The van der Waals surface area contributed by atoms with Crippen molar-refractivity contribution in [3.8, 4) is 11.4 Å². The number of hydrogen-bond acceptors (Lipinski definition) is 4. The van der Waals surface area contributed by atoms with Crippen LogP contribution in [0.5, 0.6) is 0 Å². The first kappa shape index (κ1) is 21.3. The lowest BCUT2D eigenvalue weighted by Gasteiger charge is -2.37. The molecule has 0 saturated heterocycles. The summed E-state index contributed by atoms with van der Waals surface area (Å²) in [6.45, 7) is 1.97. The average molecular weight is 477 g/mol. The van der Waals surface area contributed by atoms with Crippen LogP contribution in [0.1, 0.15) is 24.4 Å². The van der Waals surface area contributed by atoms with Crippen LogP contribution in [-0.4, -0.2) is 15.3 Å². The van der Waals surface area contributed by atoms with E-state index in [0.29, 0.717) is 27.4 Å². The number of halogens is 2. The summed E-state index contributed by atoms with van der Waals surface area (Å²) < 4.78 is 19.1. The lowest BCUT2D eigenvalue weighted by molar-refractivity contribution is 0.404. The molecule has 1 N–H and O–H groups in total. The molecule has 5 rings (SSSR count). The van der Waals surface area contributed by atoms with Crippen molar-refractivity contribution in [2.75, 3.05) is 4.90 Å². The lowest BCUT2D eigenvalue weighted by atomic mass is 9.94. The minimum Gasteiger partial charge on any atom is -0.351 e. The number of allylic oxidation sites excluding steroid dienone is 1. The van der Waals surface area contributed by atoms with Gasteiger partial charge in [0.05, 0.1) is 11.6 Å². The van der Waals surface area contributed by atoms with Gasteiger partial charge in [-0.05, 0) is 73.2 Å². The number of rotatable bonds is 4. The molecule has 1 unspecified atom stereocenters. The maximum absolute atomic E-state index is 13.4. The van der Waals surface area contributed by atoms with E-state index >= 15 is 0 Å². The Morgan fingerprint density at radius 2 is 1.70 bits per heavy atom. The molecule has 33 heavy (non-hydrogen) atoms. The number of benzene rings is 3. The van der Waals surface area contributed by atoms with Gasteiger partial charge in [-0.3, -0.25) is 4.90 Å². The fourth-order valence-corrected chi connectivity index (χ4v) is 4.35. The molecular formula is C25H18ClFN4OS. The van der Waals surface area contributed by atoms with Crippen molar-refractivity contribution in [2.45, 2.75) is 13.0 Å². The molecule has 5 nitrogen and oxygen atoms in total. The zero-order valence-corrected chi connectivity index (χ0v) is 19.1. The van der Waals surface area contributed by atoms with E-state index in [2.05, 4.69) is 15.5 Å². The van der Waals surface area contributed by atoms with Crippen molar-refractivity contribution in [2.24, 2.45) is 0 Å². The predicted molar refractivity (Wildman–Crippen MR) is 131 cm³/mol. The smallest absolute Gasteiger partial charge is 0.258 e. The zero-order valence-electron chi connectivity index (χ0n) is 17.5. The third-order valence-electron chi connectivity index (χ3n) is 5.46. The van der Waals surface area contributed by atoms with E-state index in [1.807, 2.05) is 66.4 Å². The number of thiocarbonyl (C=S) groups is 1. The first-order chi connectivity index (χ1) is 16.0. The summed E-state index contributed by atoms with van der Waals surface area (Å²) in [6, 6.07) is 23.0. The molecule has 3 aromatic carbocycles. The maximum atomic E-state index is 13.4. The topological polar surface area (TPSA) is 54.2 Å². The molecule has 1 aromatic heterocycles. The van der Waals surface area contributed by atoms with Crippen LogP contribution < -0.4 is 10.2 Å². The number of aromatic nitrogens is 2. The number of nitrogens with zero attached hydrogens (tertiary/aromatic N) is 3. The Morgan fingerprint density at radius 3 is 2.39 bits per heavy atom. The average Bonchev–Trinajstić information content (AvgIpc) is 3.30. The molecule has 0 saturated carbocycles. The second-order valence-electron chi connectivity index (χ2n) is 7.53. The van der Waals surface area contributed by atoms with E-state index in [1.165, 1.54) is 12.1 Å². The fraction of sp³-hybridized carbons (Fsp3) is 0.0800. The Balaban J connectivity index is 1.64. The molecule has 1 aliphatic heterocycles. The standard InChI is InChI=1S/C25H18ClFN4OS/c1-15-21(24-29-23(30-32-24)17-9-13-19(27)14-10-17)22(16-7-11-18(26)12-8-16)28-25(33)31(15)20-5-3-2-4-6-20/h2-14,22H,1H3,(H,28,33). The molecule has 4 aromatic rings. The molecule has 0 spiro atoms. The molecule has 0 aliphatic carbocycles. The van der Waals surface area contributed by atoms with Crippen LogP contribution in [0.3, 0.4) is 0 Å². The van der Waals surface area contributed by atoms with Crippen LogP contribution >= 0.6 is 23.8 Å². The molecule has 1 aliphatic rings. The molecule has 0 radical (unpaired) electrons. The van der Waals surface area contributed by atoms with Crippen LogP contribution in [0, 0.1) is 5.82 Å². The molecule has 8 heteroatoms. The Bertz CT molecular complexity index is 1340. The zero-order chi connectivity index (χ0) is 22.9. The summed E-state index contributed by atoms with van der Waals surface area (Å²) in [5.74, 6) is 0.398. The molecular weight excluding hydrogens is 459 g/mol. The van der Waals surface area contributed by atoms with E-state index in [4.69, 9.17) is 28.3 Å². The fourth-order valence-electron chi connectivity index (χ4n) is 3.86. The Morgan fingerprint density at radius 1 is 1.00 bits per heavy atom. The van der Waals surface area contributed by atoms with Gasteiger partial charge < -0.3 is 9.84 Å². The van der Waals surface area contributed by atoms with Crippen molar-refractivity contribution >= 4 is 40.2 Å². The van der Waals surface area contributed by atoms with Gasteiger partial charge in [-0.1, -0.05) is 47.1 Å². The highest BCUT2D eigenvalue weighted by atomic mass is 35.5. The Kier molecular flexibility index (Phi) is 5.66. The van der Waals surface area contributed by atoms with Gasteiger partial charge in [-0.15, -0.1) is 0 Å². The largest absolute Gasteiger partial charge is 0.351 e. The van der Waals surface area contributed by atoms with E-state index in [9.17, 15) is 4.39 Å². The van der Waals surface area contributed by atoms with E-state index < -0.39 is 0 Å². The van der Waals surface area contributed by atoms with Gasteiger partial charge in [-0.25, -0.2) is 4.39 Å². The van der Waals surface area contributed by atoms with E-state index in [1.54, 1.807) is 12.1 Å². The van der Waals surface area contributed by atoms with Crippen molar-refractivity contribution in [3.05, 3.63) is 107 Å². The Hall–Kier alpha value is -3.55. The van der Waals surface area contributed by atoms with Crippen molar-refractivity contribution in [1.82, 2.24) is 15.5 Å². The van der Waals surface area contributed by atoms with Gasteiger partial charge in [0.25, 0.3) is 5.89 Å². The minimum absolute atomic E-state index is 0.323. The quantitative estimate of drug-likeness (QED) is 0.344. The van der Waals surface area contributed by atoms with Crippen LogP contribution in [-0.2, 0) is 0 Å². The summed E-state index contributed by atoms with van der Waals surface area (Å²) in [5.41, 5.74) is 4.17. The monoisotopic (exact) mass is 476 g/mol. The summed E-state index contributed by atoms with van der Waals surface area (Å²) in [7, 11) is 0. The normalized spacial score (nSPS) is 16.2. The summed E-state index contributed by atoms with van der Waals surface area (Å²) in [4.78, 5) is 6.58. The van der Waals surface area contributed by atoms with Gasteiger partial charge in [0.15, 0.2) is 5.11 Å². The van der Waals surface area contributed by atoms with Crippen molar-refractivity contribution in [1.29, 1.82) is 0 Å². The summed E-state index contributed by atoms with van der Waals surface area (Å²) in [5, 5.41) is 8.75. The third-order valence-corrected chi connectivity index (χ3v) is 6.01. The second kappa shape index (κ2) is 8.77. The third kappa shape index (κ3) is 4.13. The minimum atomic E-state index is -0.327. The number of hydrogen-bond donors (Lipinski definition) is 1. The molecule has 1 atom stereocenters. The molecule has 164 valence electrons. The maximum Gasteiger partial charge on any atom is 0.258 e. The van der Waals surface area contributed by atoms with Gasteiger partial charge in [0, 0.05) is 22.0 Å². The van der Waals surface area contributed by atoms with Gasteiger partial charge >= 0.3 is 0 Å². The van der Waals surface area contributed by atoms with Gasteiger partial charge in [-0.2, -0.15) is 4.98 Å². The summed E-state index contributed by atoms with van der Waals surface area (Å²) in [6.07, 6.45) is 0. The summed E-state index contributed by atoms with van der Waals surface area (Å²) >= 11 is 11.9. The van der Waals surface area contributed by atoms with Crippen LogP contribution in [0.25, 0.3) is 17.0 Å². The lowest BCUT2D eigenvalue weighted by Crippen LogP contribution is -2.46. The highest BCUT2D eigenvalue weighted by Gasteiger charge is 2.34. The molecule has 2 heterocycles. The Labute approximate surface area is 200 Å². The first-order valence-corrected chi connectivity index (χ1v) is 11.0. The second-order valence-corrected chi connectivity index (χ2v) is 8.36. The number of para-hydroxylation sites is 1. The first-order valence-electron chi connectivity index (χ1n) is 10.2. The number of nitrogens with one attached hydrogen (secondary N) is 1. The van der Waals surface area contributed by atoms with Crippen LogP contribution in [0.2, 0.25) is 5.02 Å². The highest BCUT2D eigenvalue weighted by Crippen LogP contribution is 2.39. The van der Waals surface area contributed by atoms with E-state index in [0.717, 1.165) is 22.5 Å². The SMILES string of the molecule is CC1=C(c2nc(-c3ccc(F)cc3)no2)C(c2ccc(Cl)cc2)NC(=S)N1c1ccccc1. The van der Waals surface area contributed by atoms with Gasteiger partial charge in [0.2, 0.25) is 5.82 Å². The van der Waals surface area contributed by atoms with Crippen LogP contribution in [0.4, 0.5) is 10.1 Å². The molecule has 0 amide bonds. The highest BCUT2D eigenvalue weighted by molar-refractivity contribution is 7.80. The molecule has 0 bridgehead atoms. The van der Waals surface area contributed by atoms with Crippen molar-refractivity contribution < 1.29 is 8.91 Å². The van der Waals surface area contributed by atoms with Crippen LogP contribution in [0.15, 0.2) is 89.1 Å². The molecule has 0 fully saturated rings. The van der Waals surface area contributed by atoms with E-state index in [-0.39, 0.29) is 11.9 Å². The predicted octanol–water partition coefficient (Wildman–Crippen LogP) is 6.40. The number of anilines is 1.